The summed E-state index contributed by atoms with van der Waals surface area (Å²) in [6, 6.07) is 6.45. The molecule has 2 aliphatic rings. The van der Waals surface area contributed by atoms with Crippen LogP contribution in [-0.2, 0) is 11.3 Å². The number of carbonyl (C=O) groups excluding carboxylic acids is 1. The van der Waals surface area contributed by atoms with Gasteiger partial charge in [-0.2, -0.15) is 0 Å². The largest absolute Gasteiger partial charge is 0.340 e. The number of anilines is 2. The molecule has 0 bridgehead atoms. The van der Waals surface area contributed by atoms with Crippen molar-refractivity contribution in [3.05, 3.63) is 40.4 Å². The van der Waals surface area contributed by atoms with Gasteiger partial charge in [0.25, 0.3) is 0 Å². The lowest BCUT2D eigenvalue weighted by atomic mass is 10.0. The highest BCUT2D eigenvalue weighted by Crippen LogP contribution is 2.28. The predicted molar refractivity (Wildman–Crippen MR) is 115 cm³/mol. The normalized spacial score (nSPS) is 18.6. The topological polar surface area (TPSA) is 48.5 Å². The summed E-state index contributed by atoms with van der Waals surface area (Å²) in [6.07, 6.45) is 4.63. The molecule has 1 saturated carbocycles. The molecule has 1 N–H and O–H groups in total. The van der Waals surface area contributed by atoms with E-state index in [4.69, 9.17) is 0 Å². The van der Waals surface area contributed by atoms with Gasteiger partial charge in [0.1, 0.15) is 0 Å². The molecule has 4 rings (SSSR count). The Hall–Kier alpha value is -1.92. The number of hydrogen-bond donors (Lipinski definition) is 1. The Kier molecular flexibility index (Phi) is 5.97. The highest BCUT2D eigenvalue weighted by Gasteiger charge is 2.29. The zero-order valence-corrected chi connectivity index (χ0v) is 17.7. The van der Waals surface area contributed by atoms with Gasteiger partial charge in [-0.1, -0.05) is 25.0 Å². The van der Waals surface area contributed by atoms with Crippen LogP contribution in [0.5, 0.6) is 0 Å². The van der Waals surface area contributed by atoms with Crippen LogP contribution >= 0.6 is 11.3 Å². The van der Waals surface area contributed by atoms with Crippen LogP contribution in [-0.4, -0.2) is 46.9 Å². The van der Waals surface area contributed by atoms with E-state index >= 15 is 0 Å². The number of carbonyl (C=O) groups is 1. The Morgan fingerprint density at radius 3 is 2.61 bits per heavy atom. The minimum atomic E-state index is 0.297. The van der Waals surface area contributed by atoms with Crippen LogP contribution in [0, 0.1) is 19.8 Å². The quantitative estimate of drug-likeness (QED) is 0.814. The summed E-state index contributed by atoms with van der Waals surface area (Å²) in [4.78, 5) is 21.7. The van der Waals surface area contributed by atoms with E-state index in [9.17, 15) is 4.79 Å². The summed E-state index contributed by atoms with van der Waals surface area (Å²) < 4.78 is 0. The number of nitrogens with one attached hydrogen (secondary N) is 1. The van der Waals surface area contributed by atoms with Crippen LogP contribution in [0.1, 0.15) is 42.5 Å². The number of amides is 1. The number of benzene rings is 1. The first-order valence-electron chi connectivity index (χ1n) is 10.4. The van der Waals surface area contributed by atoms with E-state index in [0.717, 1.165) is 62.1 Å². The van der Waals surface area contributed by atoms with Crippen molar-refractivity contribution in [1.82, 2.24) is 14.8 Å². The molecule has 1 aromatic heterocycles. The first kappa shape index (κ1) is 19.4. The number of piperazine rings is 1. The van der Waals surface area contributed by atoms with Crippen LogP contribution in [0.15, 0.2) is 23.6 Å². The van der Waals surface area contributed by atoms with Crippen LogP contribution in [0.4, 0.5) is 10.8 Å². The molecule has 5 nitrogen and oxygen atoms in total. The SMILES string of the molecule is Cc1csc(Nc2cccc(CN3CCN(C(=O)C4CCCC4)CC3)c2C)n1. The predicted octanol–water partition coefficient (Wildman–Crippen LogP) is 4.34. The Morgan fingerprint density at radius 1 is 1.18 bits per heavy atom. The maximum absolute atomic E-state index is 12.6. The van der Waals surface area contributed by atoms with E-state index in [1.165, 1.54) is 24.0 Å². The molecule has 1 saturated heterocycles. The number of aromatic nitrogens is 1. The summed E-state index contributed by atoms with van der Waals surface area (Å²) in [7, 11) is 0. The van der Waals surface area contributed by atoms with Crippen molar-refractivity contribution in [2.75, 3.05) is 31.5 Å². The van der Waals surface area contributed by atoms with Crippen molar-refractivity contribution in [1.29, 1.82) is 0 Å². The molecule has 0 radical (unpaired) electrons. The van der Waals surface area contributed by atoms with Crippen LogP contribution in [0.25, 0.3) is 0 Å². The van der Waals surface area contributed by atoms with Crippen molar-refractivity contribution < 1.29 is 4.79 Å². The van der Waals surface area contributed by atoms with E-state index in [-0.39, 0.29) is 0 Å². The molecule has 0 atom stereocenters. The number of hydrogen-bond acceptors (Lipinski definition) is 5. The van der Waals surface area contributed by atoms with Gasteiger partial charge < -0.3 is 10.2 Å². The molecule has 1 aliphatic heterocycles. The summed E-state index contributed by atoms with van der Waals surface area (Å²) in [5, 5.41) is 6.46. The highest BCUT2D eigenvalue weighted by molar-refractivity contribution is 7.13. The molecule has 2 aromatic rings. The minimum absolute atomic E-state index is 0.297. The van der Waals surface area contributed by atoms with Gasteiger partial charge in [0.2, 0.25) is 5.91 Å². The van der Waals surface area contributed by atoms with Crippen LogP contribution in [0.2, 0.25) is 0 Å². The fourth-order valence-corrected chi connectivity index (χ4v) is 5.02. The first-order valence-corrected chi connectivity index (χ1v) is 11.3. The molecule has 2 heterocycles. The van der Waals surface area contributed by atoms with E-state index in [0.29, 0.717) is 11.8 Å². The van der Waals surface area contributed by atoms with E-state index in [2.05, 4.69) is 50.6 Å². The first-order chi connectivity index (χ1) is 13.6. The summed E-state index contributed by atoms with van der Waals surface area (Å²) in [5.74, 6) is 0.698. The summed E-state index contributed by atoms with van der Waals surface area (Å²) in [5.41, 5.74) is 4.79. The molecular formula is C22H30N4OS. The number of thiazole rings is 1. The highest BCUT2D eigenvalue weighted by atomic mass is 32.1. The molecule has 2 fully saturated rings. The Bertz CT molecular complexity index is 820. The monoisotopic (exact) mass is 398 g/mol. The number of nitrogens with zero attached hydrogens (tertiary/aromatic N) is 3. The molecule has 6 heteroatoms. The van der Waals surface area contributed by atoms with Gasteiger partial charge in [0.05, 0.1) is 5.69 Å². The van der Waals surface area contributed by atoms with Crippen LogP contribution < -0.4 is 5.32 Å². The van der Waals surface area contributed by atoms with E-state index in [1.54, 1.807) is 11.3 Å². The zero-order chi connectivity index (χ0) is 19.5. The molecular weight excluding hydrogens is 368 g/mol. The van der Waals surface area contributed by atoms with Crippen molar-refractivity contribution in [2.24, 2.45) is 5.92 Å². The molecule has 1 aliphatic carbocycles. The molecule has 1 amide bonds. The second-order valence-corrected chi connectivity index (χ2v) is 8.95. The van der Waals surface area contributed by atoms with E-state index in [1.807, 2.05) is 6.92 Å². The summed E-state index contributed by atoms with van der Waals surface area (Å²) >= 11 is 1.64. The van der Waals surface area contributed by atoms with Crippen LogP contribution in [0.3, 0.4) is 0 Å². The standard InChI is InChI=1S/C22H30N4OS/c1-16-15-28-22(23-16)24-20-9-5-8-19(17(20)2)14-25-10-12-26(13-11-25)21(27)18-6-3-4-7-18/h5,8-9,15,18H,3-4,6-7,10-14H2,1-2H3,(H,23,24). The molecule has 150 valence electrons. The second kappa shape index (κ2) is 8.62. The van der Waals surface area contributed by atoms with Gasteiger partial charge in [0.15, 0.2) is 5.13 Å². The van der Waals surface area contributed by atoms with Crippen molar-refractivity contribution in [2.45, 2.75) is 46.1 Å². The fourth-order valence-electron chi connectivity index (χ4n) is 4.31. The molecule has 0 unspecified atom stereocenters. The summed E-state index contributed by atoms with van der Waals surface area (Å²) in [6.45, 7) is 8.78. The minimum Gasteiger partial charge on any atom is -0.340 e. The average Bonchev–Trinajstić information content (AvgIpc) is 3.37. The fraction of sp³-hybridized carbons (Fsp3) is 0.545. The van der Waals surface area contributed by atoms with Gasteiger partial charge in [-0.05, 0) is 43.9 Å². The molecule has 0 spiro atoms. The van der Waals surface area contributed by atoms with Crippen molar-refractivity contribution in [3.8, 4) is 0 Å². The lowest BCUT2D eigenvalue weighted by Gasteiger charge is -2.36. The third kappa shape index (κ3) is 4.39. The number of rotatable bonds is 5. The van der Waals surface area contributed by atoms with Crippen molar-refractivity contribution in [3.63, 3.8) is 0 Å². The second-order valence-electron chi connectivity index (χ2n) is 8.09. The smallest absolute Gasteiger partial charge is 0.225 e. The molecule has 1 aromatic carbocycles. The average molecular weight is 399 g/mol. The third-order valence-electron chi connectivity index (χ3n) is 6.09. The maximum Gasteiger partial charge on any atom is 0.225 e. The zero-order valence-electron chi connectivity index (χ0n) is 16.9. The molecule has 28 heavy (non-hydrogen) atoms. The van der Waals surface area contributed by atoms with Gasteiger partial charge in [-0.25, -0.2) is 4.98 Å². The Balaban J connectivity index is 1.34. The Labute approximate surface area is 171 Å². The van der Waals surface area contributed by atoms with Gasteiger partial charge in [-0.15, -0.1) is 11.3 Å². The number of aryl methyl sites for hydroxylation is 1. The van der Waals surface area contributed by atoms with Gasteiger partial charge in [-0.3, -0.25) is 9.69 Å². The van der Waals surface area contributed by atoms with Gasteiger partial charge in [0, 0.05) is 49.7 Å². The van der Waals surface area contributed by atoms with Crippen molar-refractivity contribution >= 4 is 28.1 Å². The Morgan fingerprint density at radius 2 is 1.93 bits per heavy atom. The van der Waals surface area contributed by atoms with Gasteiger partial charge >= 0.3 is 0 Å². The maximum atomic E-state index is 12.6. The third-order valence-corrected chi connectivity index (χ3v) is 6.96. The van der Waals surface area contributed by atoms with E-state index < -0.39 is 0 Å². The lowest BCUT2D eigenvalue weighted by Crippen LogP contribution is -2.49. The lowest BCUT2D eigenvalue weighted by molar-refractivity contribution is -0.137.